The van der Waals surface area contributed by atoms with E-state index in [2.05, 4.69) is 5.32 Å². The lowest BCUT2D eigenvalue weighted by atomic mass is 9.94. The van der Waals surface area contributed by atoms with Crippen LogP contribution in [0.15, 0.2) is 24.3 Å². The first-order valence-electron chi connectivity index (χ1n) is 5.78. The van der Waals surface area contributed by atoms with Gasteiger partial charge in [0.1, 0.15) is 6.17 Å². The molecule has 4 heteroatoms. The smallest absolute Gasteiger partial charge is 0.307 e. The molecular weight excluding hydrogens is 221 g/mol. The van der Waals surface area contributed by atoms with Crippen LogP contribution in [-0.4, -0.2) is 17.6 Å². The van der Waals surface area contributed by atoms with Gasteiger partial charge in [0, 0.05) is 12.6 Å². The topological polar surface area (TPSA) is 49.3 Å². The molecule has 17 heavy (non-hydrogen) atoms. The molecule has 1 saturated heterocycles. The van der Waals surface area contributed by atoms with Crippen LogP contribution in [0.25, 0.3) is 0 Å². The Morgan fingerprint density at radius 3 is 2.82 bits per heavy atom. The highest BCUT2D eigenvalue weighted by atomic mass is 19.1. The summed E-state index contributed by atoms with van der Waals surface area (Å²) in [5.74, 6) is -1.16. The molecule has 1 aliphatic heterocycles. The number of hydrogen-bond acceptors (Lipinski definition) is 2. The van der Waals surface area contributed by atoms with E-state index >= 15 is 0 Å². The molecule has 0 amide bonds. The second kappa shape index (κ2) is 4.84. The Labute approximate surface area is 99.7 Å². The van der Waals surface area contributed by atoms with Gasteiger partial charge in [-0.2, -0.15) is 0 Å². The number of alkyl halides is 1. The van der Waals surface area contributed by atoms with Gasteiger partial charge in [0.2, 0.25) is 0 Å². The summed E-state index contributed by atoms with van der Waals surface area (Å²) in [7, 11) is 0. The molecule has 0 saturated carbocycles. The largest absolute Gasteiger partial charge is 0.481 e. The fraction of sp³-hybridized carbons (Fsp3) is 0.462. The molecule has 0 radical (unpaired) electrons. The van der Waals surface area contributed by atoms with Crippen molar-refractivity contribution in [3.8, 4) is 0 Å². The third-order valence-electron chi connectivity index (χ3n) is 3.28. The van der Waals surface area contributed by atoms with E-state index in [0.29, 0.717) is 18.5 Å². The zero-order valence-corrected chi connectivity index (χ0v) is 9.69. The Bertz CT molecular complexity index is 420. The standard InChI is InChI=1S/C13H16FNO2/c1-8(14)10-4-2-3-5-11(10)12-6-9(7-15-12)13(16)17/h2-5,8-9,12,15H,6-7H2,1H3,(H,16,17). The van der Waals surface area contributed by atoms with Gasteiger partial charge in [-0.05, 0) is 24.5 Å². The molecule has 1 aliphatic rings. The Morgan fingerprint density at radius 2 is 2.24 bits per heavy atom. The summed E-state index contributed by atoms with van der Waals surface area (Å²) < 4.78 is 13.5. The number of halogens is 1. The van der Waals surface area contributed by atoms with Crippen LogP contribution in [0.3, 0.4) is 0 Å². The first kappa shape index (κ1) is 12.0. The predicted octanol–water partition coefficient (Wildman–Crippen LogP) is 2.45. The number of hydrogen-bond donors (Lipinski definition) is 2. The molecule has 2 rings (SSSR count). The zero-order chi connectivity index (χ0) is 12.4. The minimum absolute atomic E-state index is 0.0505. The summed E-state index contributed by atoms with van der Waals surface area (Å²) in [6, 6.07) is 7.24. The van der Waals surface area contributed by atoms with Crippen LogP contribution in [0.2, 0.25) is 0 Å². The second-order valence-electron chi connectivity index (χ2n) is 4.48. The first-order chi connectivity index (χ1) is 8.09. The Kier molecular flexibility index (Phi) is 3.43. The van der Waals surface area contributed by atoms with Gasteiger partial charge >= 0.3 is 5.97 Å². The molecule has 3 atom stereocenters. The number of aliphatic carboxylic acids is 1. The van der Waals surface area contributed by atoms with Crippen molar-refractivity contribution >= 4 is 5.97 Å². The molecule has 1 aromatic rings. The fourth-order valence-electron chi connectivity index (χ4n) is 2.35. The van der Waals surface area contributed by atoms with E-state index in [1.54, 1.807) is 12.1 Å². The molecule has 0 aliphatic carbocycles. The molecule has 0 spiro atoms. The molecule has 0 aromatic heterocycles. The maximum Gasteiger partial charge on any atom is 0.307 e. The molecule has 1 aromatic carbocycles. The van der Waals surface area contributed by atoms with Gasteiger partial charge in [-0.1, -0.05) is 24.3 Å². The molecule has 1 fully saturated rings. The van der Waals surface area contributed by atoms with Gasteiger partial charge in [-0.15, -0.1) is 0 Å². The highest BCUT2D eigenvalue weighted by Crippen LogP contribution is 2.32. The Hall–Kier alpha value is -1.42. The van der Waals surface area contributed by atoms with E-state index < -0.39 is 12.1 Å². The van der Waals surface area contributed by atoms with Crippen LogP contribution < -0.4 is 5.32 Å². The third-order valence-corrected chi connectivity index (χ3v) is 3.28. The van der Waals surface area contributed by atoms with Crippen LogP contribution in [0.5, 0.6) is 0 Å². The average Bonchev–Trinajstić information content (AvgIpc) is 2.78. The van der Waals surface area contributed by atoms with Crippen molar-refractivity contribution in [1.82, 2.24) is 5.32 Å². The van der Waals surface area contributed by atoms with Crippen molar-refractivity contribution in [2.45, 2.75) is 25.6 Å². The quantitative estimate of drug-likeness (QED) is 0.849. The minimum Gasteiger partial charge on any atom is -0.481 e. The van der Waals surface area contributed by atoms with Crippen LogP contribution in [0.4, 0.5) is 4.39 Å². The lowest BCUT2D eigenvalue weighted by molar-refractivity contribution is -0.141. The number of nitrogens with one attached hydrogen (secondary N) is 1. The number of carboxylic acid groups (broad SMARTS) is 1. The molecule has 92 valence electrons. The Balaban J connectivity index is 2.21. The molecular formula is C13H16FNO2. The van der Waals surface area contributed by atoms with E-state index in [0.717, 1.165) is 5.56 Å². The van der Waals surface area contributed by atoms with E-state index in [-0.39, 0.29) is 12.0 Å². The van der Waals surface area contributed by atoms with Gasteiger partial charge in [-0.25, -0.2) is 4.39 Å². The van der Waals surface area contributed by atoms with Gasteiger partial charge in [0.15, 0.2) is 0 Å². The van der Waals surface area contributed by atoms with Crippen LogP contribution in [-0.2, 0) is 4.79 Å². The van der Waals surface area contributed by atoms with Crippen LogP contribution in [0, 0.1) is 5.92 Å². The molecule has 3 unspecified atom stereocenters. The summed E-state index contributed by atoms with van der Waals surface area (Å²) in [6.07, 6.45) is -0.504. The molecule has 0 bridgehead atoms. The zero-order valence-electron chi connectivity index (χ0n) is 9.69. The SMILES string of the molecule is CC(F)c1ccccc1C1CC(C(=O)O)CN1. The van der Waals surface area contributed by atoms with E-state index in [9.17, 15) is 9.18 Å². The van der Waals surface area contributed by atoms with E-state index in [4.69, 9.17) is 5.11 Å². The van der Waals surface area contributed by atoms with E-state index in [1.807, 2.05) is 12.1 Å². The number of rotatable bonds is 3. The summed E-state index contributed by atoms with van der Waals surface area (Å²) in [5.41, 5.74) is 1.53. The molecule has 1 heterocycles. The van der Waals surface area contributed by atoms with E-state index in [1.165, 1.54) is 6.92 Å². The van der Waals surface area contributed by atoms with Crippen molar-refractivity contribution in [3.05, 3.63) is 35.4 Å². The normalized spacial score (nSPS) is 25.8. The predicted molar refractivity (Wildman–Crippen MR) is 62.5 cm³/mol. The van der Waals surface area contributed by atoms with Crippen molar-refractivity contribution in [1.29, 1.82) is 0 Å². The Morgan fingerprint density at radius 1 is 1.53 bits per heavy atom. The summed E-state index contributed by atoms with van der Waals surface area (Å²) >= 11 is 0. The van der Waals surface area contributed by atoms with Gasteiger partial charge in [0.05, 0.1) is 5.92 Å². The van der Waals surface area contributed by atoms with Gasteiger partial charge in [-0.3, -0.25) is 4.79 Å². The number of benzene rings is 1. The van der Waals surface area contributed by atoms with Crippen molar-refractivity contribution in [2.75, 3.05) is 6.54 Å². The molecule has 2 N–H and O–H groups in total. The van der Waals surface area contributed by atoms with Gasteiger partial charge in [0.25, 0.3) is 0 Å². The number of carbonyl (C=O) groups is 1. The lowest BCUT2D eigenvalue weighted by Crippen LogP contribution is -2.17. The van der Waals surface area contributed by atoms with Crippen LogP contribution in [0.1, 0.15) is 36.7 Å². The van der Waals surface area contributed by atoms with Crippen molar-refractivity contribution < 1.29 is 14.3 Å². The average molecular weight is 237 g/mol. The summed E-state index contributed by atoms with van der Waals surface area (Å²) in [5, 5.41) is 12.1. The van der Waals surface area contributed by atoms with Crippen LogP contribution >= 0.6 is 0 Å². The third kappa shape index (κ3) is 2.47. The monoisotopic (exact) mass is 237 g/mol. The first-order valence-corrected chi connectivity index (χ1v) is 5.78. The number of carboxylic acids is 1. The summed E-state index contributed by atoms with van der Waals surface area (Å²) in [6.45, 7) is 1.96. The molecule has 3 nitrogen and oxygen atoms in total. The maximum absolute atomic E-state index is 13.5. The van der Waals surface area contributed by atoms with Crippen molar-refractivity contribution in [2.24, 2.45) is 5.92 Å². The fourth-order valence-corrected chi connectivity index (χ4v) is 2.35. The second-order valence-corrected chi connectivity index (χ2v) is 4.48. The summed E-state index contributed by atoms with van der Waals surface area (Å²) in [4.78, 5) is 10.9. The lowest BCUT2D eigenvalue weighted by Gasteiger charge is -2.16. The maximum atomic E-state index is 13.5. The van der Waals surface area contributed by atoms with Crippen molar-refractivity contribution in [3.63, 3.8) is 0 Å². The minimum atomic E-state index is -1.03. The van der Waals surface area contributed by atoms with Gasteiger partial charge < -0.3 is 10.4 Å². The highest BCUT2D eigenvalue weighted by molar-refractivity contribution is 5.70. The highest BCUT2D eigenvalue weighted by Gasteiger charge is 2.31.